The molecule has 0 atom stereocenters. The van der Waals surface area contributed by atoms with Crippen molar-refractivity contribution in [1.82, 2.24) is 15.1 Å². The van der Waals surface area contributed by atoms with Gasteiger partial charge in [0.15, 0.2) is 0 Å². The molecule has 0 bridgehead atoms. The van der Waals surface area contributed by atoms with Crippen molar-refractivity contribution in [1.29, 1.82) is 0 Å². The van der Waals surface area contributed by atoms with Gasteiger partial charge in [-0.15, -0.1) is 0 Å². The summed E-state index contributed by atoms with van der Waals surface area (Å²) < 4.78 is 6.36. The third kappa shape index (κ3) is 4.88. The van der Waals surface area contributed by atoms with Crippen molar-refractivity contribution in [2.24, 2.45) is 0 Å². The average molecular weight is 293 g/mol. The number of hydrogen-bond acceptors (Lipinski definition) is 4. The molecule has 1 aromatic heterocycles. The first-order valence-corrected chi connectivity index (χ1v) is 7.68. The minimum atomic E-state index is -0.409. The Hall–Kier alpha value is -1.85. The van der Waals surface area contributed by atoms with Crippen LogP contribution in [0.5, 0.6) is 0 Å². The smallest absolute Gasteiger partial charge is 0.341 e. The molecular weight excluding hydrogens is 270 g/mol. The zero-order chi connectivity index (χ0) is 15.1. The standard InChI is InChI=1S/C15H23N3O3/c1-2-21-15(20)12-9-16-18(10-12)11-14(19)17-13-7-5-3-4-6-8-13/h9-10,13H,2-8,11H2,1H3,(H,17,19). The van der Waals surface area contributed by atoms with Crippen LogP contribution in [0.4, 0.5) is 0 Å². The van der Waals surface area contributed by atoms with E-state index in [1.54, 1.807) is 13.1 Å². The molecule has 1 N–H and O–H groups in total. The minimum absolute atomic E-state index is 0.0552. The highest BCUT2D eigenvalue weighted by Crippen LogP contribution is 2.17. The van der Waals surface area contributed by atoms with Crippen LogP contribution in [0, 0.1) is 0 Å². The van der Waals surface area contributed by atoms with E-state index in [2.05, 4.69) is 10.4 Å². The van der Waals surface area contributed by atoms with Crippen molar-refractivity contribution in [3.63, 3.8) is 0 Å². The molecule has 0 aromatic carbocycles. The molecule has 1 fully saturated rings. The minimum Gasteiger partial charge on any atom is -0.462 e. The first-order valence-electron chi connectivity index (χ1n) is 7.68. The van der Waals surface area contributed by atoms with Gasteiger partial charge in [0.2, 0.25) is 5.91 Å². The van der Waals surface area contributed by atoms with Gasteiger partial charge in [0.05, 0.1) is 18.4 Å². The molecule has 1 aliphatic rings. The number of amides is 1. The Morgan fingerprint density at radius 3 is 2.71 bits per heavy atom. The summed E-state index contributed by atoms with van der Waals surface area (Å²) in [6.07, 6.45) is 9.96. The quantitative estimate of drug-likeness (QED) is 0.664. The summed E-state index contributed by atoms with van der Waals surface area (Å²) in [6, 6.07) is 0.278. The van der Waals surface area contributed by atoms with Gasteiger partial charge in [-0.2, -0.15) is 5.10 Å². The second-order valence-corrected chi connectivity index (χ2v) is 5.40. The van der Waals surface area contributed by atoms with Crippen LogP contribution in [0.25, 0.3) is 0 Å². The largest absolute Gasteiger partial charge is 0.462 e. The van der Waals surface area contributed by atoms with Crippen molar-refractivity contribution in [2.75, 3.05) is 6.61 Å². The Bertz CT molecular complexity index is 476. The molecule has 0 saturated heterocycles. The van der Waals surface area contributed by atoms with Gasteiger partial charge in [-0.1, -0.05) is 25.7 Å². The summed E-state index contributed by atoms with van der Waals surface area (Å²) in [5.74, 6) is -0.465. The van der Waals surface area contributed by atoms with Crippen LogP contribution in [0.2, 0.25) is 0 Å². The number of carbonyl (C=O) groups excluding carboxylic acids is 2. The molecule has 0 radical (unpaired) electrons. The predicted octanol–water partition coefficient (Wildman–Crippen LogP) is 1.90. The van der Waals surface area contributed by atoms with Crippen molar-refractivity contribution in [2.45, 2.75) is 58.0 Å². The van der Waals surface area contributed by atoms with Crippen LogP contribution in [-0.2, 0) is 16.1 Å². The lowest BCUT2D eigenvalue weighted by Crippen LogP contribution is -2.36. The second-order valence-electron chi connectivity index (χ2n) is 5.40. The monoisotopic (exact) mass is 293 g/mol. The third-order valence-electron chi connectivity index (χ3n) is 3.67. The van der Waals surface area contributed by atoms with E-state index in [-0.39, 0.29) is 18.5 Å². The molecule has 1 aromatic rings. The normalized spacial score (nSPS) is 16.2. The number of aromatic nitrogens is 2. The summed E-state index contributed by atoms with van der Waals surface area (Å²) in [7, 11) is 0. The maximum Gasteiger partial charge on any atom is 0.341 e. The first-order chi connectivity index (χ1) is 10.2. The number of nitrogens with one attached hydrogen (secondary N) is 1. The Morgan fingerprint density at radius 1 is 1.33 bits per heavy atom. The van der Waals surface area contributed by atoms with Crippen LogP contribution in [0.1, 0.15) is 55.8 Å². The fraction of sp³-hybridized carbons (Fsp3) is 0.667. The molecule has 1 aliphatic carbocycles. The van der Waals surface area contributed by atoms with Crippen LogP contribution in [0.3, 0.4) is 0 Å². The summed E-state index contributed by atoms with van der Waals surface area (Å²) in [5, 5.41) is 7.08. The van der Waals surface area contributed by atoms with Gasteiger partial charge in [-0.3, -0.25) is 9.48 Å². The Morgan fingerprint density at radius 2 is 2.05 bits per heavy atom. The van der Waals surface area contributed by atoms with E-state index in [1.165, 1.54) is 36.6 Å². The van der Waals surface area contributed by atoms with Gasteiger partial charge in [-0.25, -0.2) is 4.79 Å². The topological polar surface area (TPSA) is 73.2 Å². The van der Waals surface area contributed by atoms with E-state index in [4.69, 9.17) is 4.74 Å². The van der Waals surface area contributed by atoms with Crippen molar-refractivity contribution < 1.29 is 14.3 Å². The molecule has 0 spiro atoms. The zero-order valence-electron chi connectivity index (χ0n) is 12.5. The molecule has 6 nitrogen and oxygen atoms in total. The number of rotatable bonds is 5. The summed E-state index contributed by atoms with van der Waals surface area (Å²) in [4.78, 5) is 23.5. The molecule has 0 unspecified atom stereocenters. The number of carbonyl (C=O) groups is 2. The van der Waals surface area contributed by atoms with E-state index in [9.17, 15) is 9.59 Å². The van der Waals surface area contributed by atoms with E-state index in [0.29, 0.717) is 12.2 Å². The maximum atomic E-state index is 12.0. The molecule has 1 saturated carbocycles. The molecule has 2 rings (SSSR count). The van der Waals surface area contributed by atoms with Gasteiger partial charge in [0.25, 0.3) is 0 Å². The van der Waals surface area contributed by atoms with Crippen LogP contribution < -0.4 is 5.32 Å². The molecular formula is C15H23N3O3. The third-order valence-corrected chi connectivity index (χ3v) is 3.67. The second kappa shape index (κ2) is 7.81. The Balaban J connectivity index is 1.83. The molecule has 1 amide bonds. The van der Waals surface area contributed by atoms with Crippen molar-refractivity contribution in [3.8, 4) is 0 Å². The Kier molecular flexibility index (Phi) is 5.78. The van der Waals surface area contributed by atoms with Crippen molar-refractivity contribution >= 4 is 11.9 Å². The fourth-order valence-electron chi connectivity index (χ4n) is 2.61. The molecule has 116 valence electrons. The molecule has 1 heterocycles. The van der Waals surface area contributed by atoms with Gasteiger partial charge in [0.1, 0.15) is 6.54 Å². The number of ether oxygens (including phenoxy) is 1. The first kappa shape index (κ1) is 15.5. The van der Waals surface area contributed by atoms with E-state index >= 15 is 0 Å². The Labute approximate surface area is 124 Å². The SMILES string of the molecule is CCOC(=O)c1cnn(CC(=O)NC2CCCCCC2)c1. The highest BCUT2D eigenvalue weighted by molar-refractivity contribution is 5.88. The average Bonchev–Trinajstić information content (AvgIpc) is 2.76. The fourth-order valence-corrected chi connectivity index (χ4v) is 2.61. The predicted molar refractivity (Wildman–Crippen MR) is 77.8 cm³/mol. The van der Waals surface area contributed by atoms with Crippen molar-refractivity contribution in [3.05, 3.63) is 18.0 Å². The lowest BCUT2D eigenvalue weighted by atomic mass is 10.1. The van der Waals surface area contributed by atoms with Crippen LogP contribution in [0.15, 0.2) is 12.4 Å². The van der Waals surface area contributed by atoms with Crippen LogP contribution in [-0.4, -0.2) is 34.3 Å². The van der Waals surface area contributed by atoms with Gasteiger partial charge in [-0.05, 0) is 19.8 Å². The van der Waals surface area contributed by atoms with E-state index < -0.39 is 5.97 Å². The number of esters is 1. The zero-order valence-corrected chi connectivity index (χ0v) is 12.5. The maximum absolute atomic E-state index is 12.0. The van der Waals surface area contributed by atoms with Crippen LogP contribution >= 0.6 is 0 Å². The van der Waals surface area contributed by atoms with Gasteiger partial charge in [0, 0.05) is 12.2 Å². The van der Waals surface area contributed by atoms with E-state index in [0.717, 1.165) is 12.8 Å². The summed E-state index contributed by atoms with van der Waals surface area (Å²) in [6.45, 7) is 2.21. The van der Waals surface area contributed by atoms with Gasteiger partial charge < -0.3 is 10.1 Å². The van der Waals surface area contributed by atoms with Gasteiger partial charge >= 0.3 is 5.97 Å². The molecule has 0 aliphatic heterocycles. The lowest BCUT2D eigenvalue weighted by Gasteiger charge is -2.16. The number of hydrogen-bond donors (Lipinski definition) is 1. The summed E-state index contributed by atoms with van der Waals surface area (Å²) >= 11 is 0. The van der Waals surface area contributed by atoms with E-state index in [1.807, 2.05) is 0 Å². The number of nitrogens with zero attached hydrogens (tertiary/aromatic N) is 2. The highest BCUT2D eigenvalue weighted by Gasteiger charge is 2.16. The molecule has 6 heteroatoms. The summed E-state index contributed by atoms with van der Waals surface area (Å²) in [5.41, 5.74) is 0.374. The highest BCUT2D eigenvalue weighted by atomic mass is 16.5. The molecule has 21 heavy (non-hydrogen) atoms. The lowest BCUT2D eigenvalue weighted by molar-refractivity contribution is -0.122.